The van der Waals surface area contributed by atoms with Crippen LogP contribution in [-0.4, -0.2) is 46.9 Å². The minimum Gasteiger partial charge on any atom is -0.322 e. The van der Waals surface area contributed by atoms with E-state index in [0.29, 0.717) is 11.3 Å². The first-order chi connectivity index (χ1) is 13.0. The average Bonchev–Trinajstić information content (AvgIpc) is 2.63. The van der Waals surface area contributed by atoms with Gasteiger partial charge in [-0.15, -0.1) is 0 Å². The van der Waals surface area contributed by atoms with Gasteiger partial charge in [-0.25, -0.2) is 21.1 Å². The zero-order chi connectivity index (χ0) is 21.1. The number of amides is 1. The van der Waals surface area contributed by atoms with Crippen LogP contribution in [-0.2, 0) is 20.0 Å². The molecule has 152 valence electrons. The van der Waals surface area contributed by atoms with Crippen LogP contribution >= 0.6 is 0 Å². The Balaban J connectivity index is 2.31. The number of hydrogen-bond donors (Lipinski definition) is 2. The molecule has 2 rings (SSSR count). The number of sulfonamides is 2. The number of benzene rings is 2. The molecule has 28 heavy (non-hydrogen) atoms. The molecule has 0 atom stereocenters. The van der Waals surface area contributed by atoms with E-state index in [9.17, 15) is 21.6 Å². The number of carbonyl (C=O) groups is 1. The van der Waals surface area contributed by atoms with Gasteiger partial charge in [-0.2, -0.15) is 0 Å². The van der Waals surface area contributed by atoms with Crippen molar-refractivity contribution >= 4 is 37.3 Å². The molecule has 0 saturated carbocycles. The Labute approximate surface area is 165 Å². The van der Waals surface area contributed by atoms with E-state index < -0.39 is 26.0 Å². The predicted molar refractivity (Wildman–Crippen MR) is 110 cm³/mol. The van der Waals surface area contributed by atoms with Crippen molar-refractivity contribution in [2.45, 2.75) is 18.7 Å². The smallest absolute Gasteiger partial charge is 0.255 e. The minimum atomic E-state index is -3.64. The van der Waals surface area contributed by atoms with Gasteiger partial charge in [-0.1, -0.05) is 12.1 Å². The van der Waals surface area contributed by atoms with E-state index in [1.165, 1.54) is 45.3 Å². The van der Waals surface area contributed by atoms with E-state index in [-0.39, 0.29) is 21.9 Å². The normalized spacial score (nSPS) is 12.0. The average molecular weight is 426 g/mol. The number of nitrogens with one attached hydrogen (secondary N) is 2. The lowest BCUT2D eigenvalue weighted by Gasteiger charge is -2.15. The van der Waals surface area contributed by atoms with Gasteiger partial charge in [-0.05, 0) is 49.7 Å². The number of nitrogens with zero attached hydrogens (tertiary/aromatic N) is 1. The second kappa shape index (κ2) is 8.29. The Hall–Kier alpha value is -2.43. The number of hydrogen-bond acceptors (Lipinski definition) is 5. The molecule has 10 heteroatoms. The topological polar surface area (TPSA) is 113 Å². The van der Waals surface area contributed by atoms with Crippen molar-refractivity contribution in [3.63, 3.8) is 0 Å². The molecule has 0 heterocycles. The van der Waals surface area contributed by atoms with Crippen molar-refractivity contribution in [1.82, 2.24) is 4.31 Å². The third-order valence-electron chi connectivity index (χ3n) is 4.01. The number of carbonyl (C=O) groups excluding carboxylic acids is 1. The van der Waals surface area contributed by atoms with Crippen molar-refractivity contribution in [2.24, 2.45) is 0 Å². The lowest BCUT2D eigenvalue weighted by atomic mass is 10.1. The molecule has 0 aliphatic carbocycles. The molecule has 8 nitrogen and oxygen atoms in total. The van der Waals surface area contributed by atoms with Gasteiger partial charge >= 0.3 is 0 Å². The summed E-state index contributed by atoms with van der Waals surface area (Å²) in [4.78, 5) is 12.7. The predicted octanol–water partition coefficient (Wildman–Crippen LogP) is 2.26. The second-order valence-electron chi connectivity index (χ2n) is 6.30. The first-order valence-corrected chi connectivity index (χ1v) is 11.5. The Morgan fingerprint density at radius 1 is 1.04 bits per heavy atom. The number of aryl methyl sites for hydroxylation is 1. The summed E-state index contributed by atoms with van der Waals surface area (Å²) in [6.07, 6.45) is 0. The van der Waals surface area contributed by atoms with E-state index in [1.807, 2.05) is 0 Å². The Kier molecular flexibility index (Phi) is 6.48. The molecule has 0 unspecified atom stereocenters. The standard InChI is InChI=1S/C18H23N3O5S2/c1-5-27(23,24)20-15-8-6-7-14(11-15)18(22)19-17-12-16(10-9-13(17)2)28(25,26)21(3)4/h6-12,20H,5H2,1-4H3,(H,19,22). The molecule has 0 aliphatic rings. The second-order valence-corrected chi connectivity index (χ2v) is 10.5. The van der Waals surface area contributed by atoms with Gasteiger partial charge in [0.2, 0.25) is 20.0 Å². The summed E-state index contributed by atoms with van der Waals surface area (Å²) in [5.74, 6) is -0.574. The van der Waals surface area contributed by atoms with Gasteiger partial charge in [0.05, 0.1) is 10.6 Å². The van der Waals surface area contributed by atoms with Crippen LogP contribution in [0.25, 0.3) is 0 Å². The van der Waals surface area contributed by atoms with Crippen molar-refractivity contribution in [3.8, 4) is 0 Å². The molecule has 2 N–H and O–H groups in total. The molecule has 0 aliphatic heterocycles. The molecule has 2 aromatic carbocycles. The van der Waals surface area contributed by atoms with Gasteiger partial charge in [-0.3, -0.25) is 9.52 Å². The molecule has 1 amide bonds. The summed E-state index contributed by atoms with van der Waals surface area (Å²) in [5.41, 5.74) is 1.55. The van der Waals surface area contributed by atoms with Crippen molar-refractivity contribution in [2.75, 3.05) is 29.9 Å². The lowest BCUT2D eigenvalue weighted by Crippen LogP contribution is -2.22. The van der Waals surface area contributed by atoms with E-state index in [0.717, 1.165) is 4.31 Å². The van der Waals surface area contributed by atoms with Crippen molar-refractivity contribution in [1.29, 1.82) is 0 Å². The summed E-state index contributed by atoms with van der Waals surface area (Å²) < 4.78 is 51.5. The molecule has 0 spiro atoms. The highest BCUT2D eigenvalue weighted by atomic mass is 32.2. The highest BCUT2D eigenvalue weighted by Gasteiger charge is 2.19. The summed E-state index contributed by atoms with van der Waals surface area (Å²) in [6, 6.07) is 10.5. The number of anilines is 2. The first kappa shape index (κ1) is 21.9. The quantitative estimate of drug-likeness (QED) is 0.707. The maximum atomic E-state index is 12.6. The molecule has 0 saturated heterocycles. The van der Waals surface area contributed by atoms with Crippen LogP contribution in [0.3, 0.4) is 0 Å². The van der Waals surface area contributed by atoms with Gasteiger partial charge in [0, 0.05) is 31.0 Å². The third-order valence-corrected chi connectivity index (χ3v) is 7.13. The Morgan fingerprint density at radius 2 is 1.71 bits per heavy atom. The maximum Gasteiger partial charge on any atom is 0.255 e. The largest absolute Gasteiger partial charge is 0.322 e. The fraction of sp³-hybridized carbons (Fsp3) is 0.278. The summed E-state index contributed by atoms with van der Waals surface area (Å²) >= 11 is 0. The van der Waals surface area contributed by atoms with Gasteiger partial charge < -0.3 is 5.32 Å². The van der Waals surface area contributed by atoms with E-state index >= 15 is 0 Å². The first-order valence-electron chi connectivity index (χ1n) is 8.41. The zero-order valence-corrected chi connectivity index (χ0v) is 17.7. The highest BCUT2D eigenvalue weighted by Crippen LogP contribution is 2.23. The van der Waals surface area contributed by atoms with Crippen LogP contribution in [0.4, 0.5) is 11.4 Å². The summed E-state index contributed by atoms with van der Waals surface area (Å²) in [6.45, 7) is 3.25. The van der Waals surface area contributed by atoms with Crippen LogP contribution in [0.1, 0.15) is 22.8 Å². The molecule has 2 aromatic rings. The zero-order valence-electron chi connectivity index (χ0n) is 16.1. The fourth-order valence-corrected chi connectivity index (χ4v) is 3.84. The Morgan fingerprint density at radius 3 is 2.32 bits per heavy atom. The van der Waals surface area contributed by atoms with Gasteiger partial charge in [0.1, 0.15) is 0 Å². The summed E-state index contributed by atoms with van der Waals surface area (Å²) in [7, 11) is -4.25. The molecule has 0 aromatic heterocycles. The summed E-state index contributed by atoms with van der Waals surface area (Å²) in [5, 5.41) is 2.68. The molecule has 0 bridgehead atoms. The third kappa shape index (κ3) is 5.09. The fourth-order valence-electron chi connectivity index (χ4n) is 2.28. The van der Waals surface area contributed by atoms with Crippen LogP contribution < -0.4 is 10.0 Å². The van der Waals surface area contributed by atoms with E-state index in [4.69, 9.17) is 0 Å². The molecule has 0 radical (unpaired) electrons. The monoisotopic (exact) mass is 425 g/mol. The Bertz CT molecular complexity index is 1090. The van der Waals surface area contributed by atoms with Gasteiger partial charge in [0.15, 0.2) is 0 Å². The van der Waals surface area contributed by atoms with Crippen LogP contribution in [0, 0.1) is 6.92 Å². The van der Waals surface area contributed by atoms with E-state index in [1.54, 1.807) is 25.1 Å². The van der Waals surface area contributed by atoms with Crippen LogP contribution in [0.15, 0.2) is 47.4 Å². The van der Waals surface area contributed by atoms with E-state index in [2.05, 4.69) is 10.0 Å². The minimum absolute atomic E-state index is 0.0582. The maximum absolute atomic E-state index is 12.6. The lowest BCUT2D eigenvalue weighted by molar-refractivity contribution is 0.102. The van der Waals surface area contributed by atoms with Gasteiger partial charge in [0.25, 0.3) is 5.91 Å². The van der Waals surface area contributed by atoms with Crippen molar-refractivity contribution < 1.29 is 21.6 Å². The molecular weight excluding hydrogens is 402 g/mol. The van der Waals surface area contributed by atoms with Crippen molar-refractivity contribution in [3.05, 3.63) is 53.6 Å². The molecular formula is C18H23N3O5S2. The van der Waals surface area contributed by atoms with Crippen LogP contribution in [0.5, 0.6) is 0 Å². The number of rotatable bonds is 7. The SMILES string of the molecule is CCS(=O)(=O)Nc1cccc(C(=O)Nc2cc(S(=O)(=O)N(C)C)ccc2C)c1. The molecule has 0 fully saturated rings. The van der Waals surface area contributed by atoms with Crippen LogP contribution in [0.2, 0.25) is 0 Å². The highest BCUT2D eigenvalue weighted by molar-refractivity contribution is 7.92.